The average Bonchev–Trinajstić information content (AvgIpc) is 3.46. The van der Waals surface area contributed by atoms with Gasteiger partial charge in [-0.25, -0.2) is 15.0 Å². The Kier molecular flexibility index (Phi) is 7.78. The van der Waals surface area contributed by atoms with Gasteiger partial charge in [0.2, 0.25) is 18.1 Å². The maximum absolute atomic E-state index is 15.0. The van der Waals surface area contributed by atoms with E-state index in [1.54, 1.807) is 0 Å². The number of aromatic nitrogens is 2. The molecule has 0 bridgehead atoms. The van der Waals surface area contributed by atoms with E-state index in [9.17, 15) is 14.8 Å². The minimum atomic E-state index is -0.607. The summed E-state index contributed by atoms with van der Waals surface area (Å²) in [5.74, 6) is -0.580. The molecule has 2 amide bonds. The minimum absolute atomic E-state index is 0.0760. The first-order valence-corrected chi connectivity index (χ1v) is 10.8. The van der Waals surface area contributed by atoms with Gasteiger partial charge in [0.1, 0.15) is 5.82 Å². The van der Waals surface area contributed by atoms with Gasteiger partial charge in [-0.1, -0.05) is 32.6 Å². The highest BCUT2D eigenvalue weighted by Gasteiger charge is 2.28. The van der Waals surface area contributed by atoms with Crippen molar-refractivity contribution in [2.75, 3.05) is 30.0 Å². The Morgan fingerprint density at radius 1 is 1.30 bits per heavy atom. The van der Waals surface area contributed by atoms with Crippen molar-refractivity contribution in [3.63, 3.8) is 0 Å². The Labute approximate surface area is 176 Å². The Bertz CT molecular complexity index is 737. The lowest BCUT2D eigenvalue weighted by Gasteiger charge is -2.23. The number of nitrogens with one attached hydrogen (secondary N) is 2. The SMILES string of the molecule is CCc1nc(NNC(=O)C(CC2CCCC2)CN(O)C=O)c(F)c(N2CCCC2)n1. The van der Waals surface area contributed by atoms with Crippen molar-refractivity contribution >= 4 is 24.0 Å². The first-order valence-electron chi connectivity index (χ1n) is 10.8. The molecular formula is C20H31FN6O3. The summed E-state index contributed by atoms with van der Waals surface area (Å²) in [5, 5.41) is 10.1. The second-order valence-corrected chi connectivity index (χ2v) is 8.10. The van der Waals surface area contributed by atoms with Crippen molar-refractivity contribution in [2.45, 2.75) is 58.3 Å². The number of halogens is 1. The van der Waals surface area contributed by atoms with E-state index in [0.717, 1.165) is 51.6 Å². The minimum Gasteiger partial charge on any atom is -0.354 e. The molecule has 0 aromatic carbocycles. The lowest BCUT2D eigenvalue weighted by atomic mass is 9.92. The van der Waals surface area contributed by atoms with Crippen LogP contribution in [0.3, 0.4) is 0 Å². The predicted molar refractivity (Wildman–Crippen MR) is 109 cm³/mol. The Morgan fingerprint density at radius 3 is 2.63 bits per heavy atom. The topological polar surface area (TPSA) is 111 Å². The fraction of sp³-hybridized carbons (Fsp3) is 0.700. The van der Waals surface area contributed by atoms with Gasteiger partial charge in [0.05, 0.1) is 12.5 Å². The number of carbonyl (C=O) groups excluding carboxylic acids is 2. The molecule has 0 spiro atoms. The molecule has 1 aliphatic heterocycles. The molecular weight excluding hydrogens is 391 g/mol. The quantitative estimate of drug-likeness (QED) is 0.301. The van der Waals surface area contributed by atoms with Crippen molar-refractivity contribution in [3.8, 4) is 0 Å². The van der Waals surface area contributed by atoms with E-state index >= 15 is 4.39 Å². The summed E-state index contributed by atoms with van der Waals surface area (Å²) in [6.45, 7) is 3.25. The molecule has 1 aromatic rings. The van der Waals surface area contributed by atoms with Crippen molar-refractivity contribution in [1.82, 2.24) is 20.5 Å². The van der Waals surface area contributed by atoms with Gasteiger partial charge >= 0.3 is 0 Å². The predicted octanol–water partition coefficient (Wildman–Crippen LogP) is 2.27. The Morgan fingerprint density at radius 2 is 2.00 bits per heavy atom. The lowest BCUT2D eigenvalue weighted by molar-refractivity contribution is -0.154. The summed E-state index contributed by atoms with van der Waals surface area (Å²) >= 11 is 0. The first-order chi connectivity index (χ1) is 14.5. The van der Waals surface area contributed by atoms with Crippen LogP contribution in [0.25, 0.3) is 0 Å². The molecule has 2 fully saturated rings. The van der Waals surface area contributed by atoms with Gasteiger partial charge in [0, 0.05) is 19.5 Å². The molecule has 10 heteroatoms. The van der Waals surface area contributed by atoms with Crippen LogP contribution in [0.15, 0.2) is 0 Å². The third kappa shape index (κ3) is 5.56. The third-order valence-electron chi connectivity index (χ3n) is 5.90. The van der Waals surface area contributed by atoms with Gasteiger partial charge in [0.25, 0.3) is 0 Å². The Balaban J connectivity index is 1.70. The van der Waals surface area contributed by atoms with E-state index in [4.69, 9.17) is 0 Å². The number of hydroxylamine groups is 2. The van der Waals surface area contributed by atoms with E-state index in [1.165, 1.54) is 0 Å². The largest absolute Gasteiger partial charge is 0.354 e. The number of hydrogen-bond donors (Lipinski definition) is 3. The number of rotatable bonds is 10. The number of hydrazine groups is 1. The van der Waals surface area contributed by atoms with E-state index < -0.39 is 17.6 Å². The molecule has 9 nitrogen and oxygen atoms in total. The maximum atomic E-state index is 15.0. The third-order valence-corrected chi connectivity index (χ3v) is 5.90. The molecule has 1 atom stereocenters. The van der Waals surface area contributed by atoms with Crippen LogP contribution in [0.4, 0.5) is 16.0 Å². The fourth-order valence-corrected chi connectivity index (χ4v) is 4.26. The number of amides is 2. The standard InChI is InChI=1S/C20H31FN6O3/c1-2-16-22-18(17(21)19(23-16)26-9-5-6-10-26)24-25-20(29)15(12-27(30)13-28)11-14-7-3-4-8-14/h13-15,30H,2-12H2,1H3,(H,25,29)(H,22,23,24). The van der Waals surface area contributed by atoms with Crippen LogP contribution in [-0.4, -0.2) is 52.2 Å². The lowest BCUT2D eigenvalue weighted by Crippen LogP contribution is -2.41. The van der Waals surface area contributed by atoms with Gasteiger partial charge in [0.15, 0.2) is 11.6 Å². The molecule has 166 valence electrons. The van der Waals surface area contributed by atoms with Gasteiger partial charge in [-0.05, 0) is 25.2 Å². The second kappa shape index (κ2) is 10.5. The molecule has 1 unspecified atom stereocenters. The number of hydrogen-bond acceptors (Lipinski definition) is 7. The zero-order valence-corrected chi connectivity index (χ0v) is 17.4. The number of nitrogens with zero attached hydrogens (tertiary/aromatic N) is 4. The van der Waals surface area contributed by atoms with Crippen LogP contribution >= 0.6 is 0 Å². The highest BCUT2D eigenvalue weighted by atomic mass is 19.1. The molecule has 30 heavy (non-hydrogen) atoms. The molecule has 1 aliphatic carbocycles. The van der Waals surface area contributed by atoms with Crippen molar-refractivity contribution in [2.24, 2.45) is 11.8 Å². The smallest absolute Gasteiger partial charge is 0.243 e. The second-order valence-electron chi connectivity index (χ2n) is 8.10. The van der Waals surface area contributed by atoms with Crippen LogP contribution in [0.5, 0.6) is 0 Å². The average molecular weight is 423 g/mol. The fourth-order valence-electron chi connectivity index (χ4n) is 4.26. The van der Waals surface area contributed by atoms with Crippen molar-refractivity contribution in [3.05, 3.63) is 11.6 Å². The summed E-state index contributed by atoms with van der Waals surface area (Å²) in [6.07, 6.45) is 7.66. The van der Waals surface area contributed by atoms with E-state index in [1.807, 2.05) is 11.8 Å². The van der Waals surface area contributed by atoms with Crippen LogP contribution in [0.1, 0.15) is 57.7 Å². The zero-order chi connectivity index (χ0) is 21.5. The van der Waals surface area contributed by atoms with E-state index in [2.05, 4.69) is 20.8 Å². The van der Waals surface area contributed by atoms with Crippen LogP contribution < -0.4 is 15.8 Å². The zero-order valence-electron chi connectivity index (χ0n) is 17.4. The van der Waals surface area contributed by atoms with Crippen molar-refractivity contribution in [1.29, 1.82) is 0 Å². The van der Waals surface area contributed by atoms with E-state index in [0.29, 0.717) is 29.6 Å². The van der Waals surface area contributed by atoms with Crippen molar-refractivity contribution < 1.29 is 19.2 Å². The summed E-state index contributed by atoms with van der Waals surface area (Å²) < 4.78 is 15.0. The highest BCUT2D eigenvalue weighted by Crippen LogP contribution is 2.31. The number of aryl methyl sites for hydroxylation is 1. The summed E-state index contributed by atoms with van der Waals surface area (Å²) in [4.78, 5) is 34.0. The first kappa shape index (κ1) is 22.2. The summed E-state index contributed by atoms with van der Waals surface area (Å²) in [5.41, 5.74) is 5.13. The summed E-state index contributed by atoms with van der Waals surface area (Å²) in [7, 11) is 0. The summed E-state index contributed by atoms with van der Waals surface area (Å²) in [6, 6.07) is 0. The maximum Gasteiger partial charge on any atom is 0.243 e. The molecule has 3 rings (SSSR count). The van der Waals surface area contributed by atoms with E-state index in [-0.39, 0.29) is 24.6 Å². The molecule has 0 radical (unpaired) electrons. The number of carbonyl (C=O) groups is 2. The molecule has 2 aliphatic rings. The van der Waals surface area contributed by atoms with Gasteiger partial charge in [-0.3, -0.25) is 25.6 Å². The molecule has 1 aromatic heterocycles. The monoisotopic (exact) mass is 422 g/mol. The normalized spacial score (nSPS) is 17.8. The molecule has 2 heterocycles. The molecule has 3 N–H and O–H groups in total. The van der Waals surface area contributed by atoms with Gasteiger partial charge < -0.3 is 4.90 Å². The Hall–Kier alpha value is -2.49. The molecule has 1 saturated heterocycles. The van der Waals surface area contributed by atoms with Crippen LogP contribution in [0.2, 0.25) is 0 Å². The molecule has 1 saturated carbocycles. The van der Waals surface area contributed by atoms with Crippen LogP contribution in [0, 0.1) is 17.7 Å². The highest BCUT2D eigenvalue weighted by molar-refractivity contribution is 5.80. The van der Waals surface area contributed by atoms with Gasteiger partial charge in [-0.15, -0.1) is 0 Å². The van der Waals surface area contributed by atoms with Gasteiger partial charge in [-0.2, -0.15) is 4.39 Å². The van der Waals surface area contributed by atoms with Crippen LogP contribution in [-0.2, 0) is 16.0 Å². The number of anilines is 2.